The summed E-state index contributed by atoms with van der Waals surface area (Å²) >= 11 is 0. The van der Waals surface area contributed by atoms with Gasteiger partial charge in [0, 0.05) is 24.5 Å². The molecule has 0 spiro atoms. The van der Waals surface area contributed by atoms with Crippen LogP contribution in [0.5, 0.6) is 0 Å². The van der Waals surface area contributed by atoms with Gasteiger partial charge in [-0.05, 0) is 19.4 Å². The number of aliphatic carboxylic acids is 1. The second-order valence-corrected chi connectivity index (χ2v) is 3.93. The van der Waals surface area contributed by atoms with E-state index in [2.05, 4.69) is 15.1 Å². The number of rotatable bonds is 4. The standard InChI is InChI=1S/C11H12N4O3/c1-7-8(3-4-9(16)17)10(18)15(14-7)11-12-5-2-6-13-11/h2,5-6,8H,3-4H2,1H3,(H,16,17). The first-order chi connectivity index (χ1) is 8.59. The third kappa shape index (κ3) is 2.34. The Kier molecular flexibility index (Phi) is 3.31. The molecule has 7 nitrogen and oxygen atoms in total. The molecule has 0 bridgehead atoms. The van der Waals surface area contributed by atoms with E-state index in [1.165, 1.54) is 12.4 Å². The Bertz CT molecular complexity index is 500. The summed E-state index contributed by atoms with van der Waals surface area (Å²) in [7, 11) is 0. The van der Waals surface area contributed by atoms with Crippen LogP contribution < -0.4 is 5.01 Å². The molecule has 1 aliphatic rings. The van der Waals surface area contributed by atoms with Crippen molar-refractivity contribution in [3.63, 3.8) is 0 Å². The summed E-state index contributed by atoms with van der Waals surface area (Å²) in [4.78, 5) is 30.5. The minimum atomic E-state index is -0.926. The van der Waals surface area contributed by atoms with E-state index in [0.29, 0.717) is 5.71 Å². The van der Waals surface area contributed by atoms with E-state index in [-0.39, 0.29) is 24.7 Å². The van der Waals surface area contributed by atoms with Crippen molar-refractivity contribution in [2.75, 3.05) is 5.01 Å². The topological polar surface area (TPSA) is 95.8 Å². The van der Waals surface area contributed by atoms with Crippen LogP contribution in [0.4, 0.5) is 5.95 Å². The highest BCUT2D eigenvalue weighted by Gasteiger charge is 2.35. The number of amides is 1. The lowest BCUT2D eigenvalue weighted by molar-refractivity contribution is -0.137. The molecule has 18 heavy (non-hydrogen) atoms. The van der Waals surface area contributed by atoms with Gasteiger partial charge in [-0.15, -0.1) is 0 Å². The smallest absolute Gasteiger partial charge is 0.303 e. The fourth-order valence-corrected chi connectivity index (χ4v) is 1.75. The lowest BCUT2D eigenvalue weighted by atomic mass is 9.99. The summed E-state index contributed by atoms with van der Waals surface area (Å²) in [5.74, 6) is -1.49. The number of anilines is 1. The number of hydrazone groups is 1. The molecule has 0 saturated heterocycles. The predicted octanol–water partition coefficient (Wildman–Crippen LogP) is 0.680. The van der Waals surface area contributed by atoms with Crippen LogP contribution in [0.15, 0.2) is 23.6 Å². The summed E-state index contributed by atoms with van der Waals surface area (Å²) in [5.41, 5.74) is 0.591. The minimum absolute atomic E-state index is 0.0627. The van der Waals surface area contributed by atoms with E-state index in [9.17, 15) is 9.59 Å². The van der Waals surface area contributed by atoms with Crippen molar-refractivity contribution < 1.29 is 14.7 Å². The molecular formula is C11H12N4O3. The van der Waals surface area contributed by atoms with Gasteiger partial charge in [0.05, 0.1) is 5.92 Å². The molecule has 2 heterocycles. The molecule has 1 amide bonds. The molecule has 94 valence electrons. The van der Waals surface area contributed by atoms with Crippen molar-refractivity contribution in [3.05, 3.63) is 18.5 Å². The molecule has 0 saturated carbocycles. The van der Waals surface area contributed by atoms with Gasteiger partial charge in [-0.1, -0.05) is 0 Å². The first kappa shape index (κ1) is 12.2. The molecule has 1 aromatic rings. The van der Waals surface area contributed by atoms with Gasteiger partial charge in [0.1, 0.15) is 0 Å². The highest BCUT2D eigenvalue weighted by molar-refractivity contribution is 6.14. The Morgan fingerprint density at radius 2 is 2.11 bits per heavy atom. The number of carboxylic acid groups (broad SMARTS) is 1. The highest BCUT2D eigenvalue weighted by Crippen LogP contribution is 2.23. The van der Waals surface area contributed by atoms with Crippen molar-refractivity contribution in [3.8, 4) is 0 Å². The Labute approximate surface area is 103 Å². The summed E-state index contributed by atoms with van der Waals surface area (Å²) in [6.45, 7) is 1.70. The SMILES string of the molecule is CC1=NN(c2ncccn2)C(=O)C1CCC(=O)O. The monoisotopic (exact) mass is 248 g/mol. The zero-order chi connectivity index (χ0) is 13.1. The van der Waals surface area contributed by atoms with Crippen molar-refractivity contribution >= 4 is 23.5 Å². The first-order valence-corrected chi connectivity index (χ1v) is 5.47. The second-order valence-electron chi connectivity index (χ2n) is 3.93. The van der Waals surface area contributed by atoms with Crippen molar-refractivity contribution in [1.29, 1.82) is 0 Å². The molecule has 1 unspecified atom stereocenters. The number of hydrogen-bond acceptors (Lipinski definition) is 5. The molecule has 2 rings (SSSR count). The molecule has 1 N–H and O–H groups in total. The molecule has 0 radical (unpaired) electrons. The van der Waals surface area contributed by atoms with E-state index < -0.39 is 11.9 Å². The molecule has 1 aromatic heterocycles. The van der Waals surface area contributed by atoms with Gasteiger partial charge in [0.25, 0.3) is 11.9 Å². The Morgan fingerprint density at radius 3 is 2.72 bits per heavy atom. The maximum Gasteiger partial charge on any atom is 0.303 e. The normalized spacial score (nSPS) is 18.9. The van der Waals surface area contributed by atoms with Crippen LogP contribution in [0.1, 0.15) is 19.8 Å². The number of carboxylic acids is 1. The van der Waals surface area contributed by atoms with Gasteiger partial charge in [0.2, 0.25) is 0 Å². The fraction of sp³-hybridized carbons (Fsp3) is 0.364. The maximum atomic E-state index is 12.1. The number of nitrogens with zero attached hydrogens (tertiary/aromatic N) is 4. The van der Waals surface area contributed by atoms with E-state index in [0.717, 1.165) is 5.01 Å². The summed E-state index contributed by atoms with van der Waals surface area (Å²) in [5, 5.41) is 13.8. The molecule has 0 aliphatic carbocycles. The van der Waals surface area contributed by atoms with Crippen molar-refractivity contribution in [2.24, 2.45) is 11.0 Å². The lowest BCUT2D eigenvalue weighted by Gasteiger charge is -2.11. The average molecular weight is 248 g/mol. The third-order valence-corrected chi connectivity index (χ3v) is 2.66. The van der Waals surface area contributed by atoms with Crippen LogP contribution in [0.3, 0.4) is 0 Å². The van der Waals surface area contributed by atoms with E-state index in [4.69, 9.17) is 5.11 Å². The molecule has 7 heteroatoms. The minimum Gasteiger partial charge on any atom is -0.481 e. The number of aromatic nitrogens is 2. The van der Waals surface area contributed by atoms with Crippen LogP contribution in [-0.2, 0) is 9.59 Å². The Morgan fingerprint density at radius 1 is 1.44 bits per heavy atom. The van der Waals surface area contributed by atoms with Crippen LogP contribution in [0, 0.1) is 5.92 Å². The Hall–Kier alpha value is -2.31. The van der Waals surface area contributed by atoms with Crippen LogP contribution in [-0.4, -0.2) is 32.7 Å². The van der Waals surface area contributed by atoms with Crippen LogP contribution in [0.2, 0.25) is 0 Å². The molecule has 0 aromatic carbocycles. The highest BCUT2D eigenvalue weighted by atomic mass is 16.4. The van der Waals surface area contributed by atoms with E-state index in [1.54, 1.807) is 13.0 Å². The predicted molar refractivity (Wildman–Crippen MR) is 63.0 cm³/mol. The zero-order valence-electron chi connectivity index (χ0n) is 9.78. The summed E-state index contributed by atoms with van der Waals surface area (Å²) in [6, 6.07) is 1.64. The fourth-order valence-electron chi connectivity index (χ4n) is 1.75. The lowest BCUT2D eigenvalue weighted by Crippen LogP contribution is -2.28. The Balaban J connectivity index is 2.14. The largest absolute Gasteiger partial charge is 0.481 e. The quantitative estimate of drug-likeness (QED) is 0.845. The first-order valence-electron chi connectivity index (χ1n) is 5.47. The number of carbonyl (C=O) groups excluding carboxylic acids is 1. The van der Waals surface area contributed by atoms with E-state index in [1.807, 2.05) is 0 Å². The van der Waals surface area contributed by atoms with Gasteiger partial charge >= 0.3 is 5.97 Å². The van der Waals surface area contributed by atoms with Gasteiger partial charge in [0.15, 0.2) is 0 Å². The zero-order valence-corrected chi connectivity index (χ0v) is 9.78. The van der Waals surface area contributed by atoms with Crippen LogP contribution in [0.25, 0.3) is 0 Å². The van der Waals surface area contributed by atoms with Gasteiger partial charge in [-0.25, -0.2) is 9.97 Å². The molecule has 1 atom stereocenters. The molecular weight excluding hydrogens is 236 g/mol. The van der Waals surface area contributed by atoms with Gasteiger partial charge < -0.3 is 5.11 Å². The van der Waals surface area contributed by atoms with Crippen molar-refractivity contribution in [1.82, 2.24) is 9.97 Å². The second kappa shape index (κ2) is 4.91. The maximum absolute atomic E-state index is 12.1. The van der Waals surface area contributed by atoms with Crippen LogP contribution >= 0.6 is 0 Å². The van der Waals surface area contributed by atoms with Crippen molar-refractivity contribution in [2.45, 2.75) is 19.8 Å². The third-order valence-electron chi connectivity index (χ3n) is 2.66. The molecule has 0 fully saturated rings. The number of carbonyl (C=O) groups is 2. The van der Waals surface area contributed by atoms with E-state index >= 15 is 0 Å². The summed E-state index contributed by atoms with van der Waals surface area (Å²) < 4.78 is 0. The summed E-state index contributed by atoms with van der Waals surface area (Å²) in [6.07, 6.45) is 3.22. The van der Waals surface area contributed by atoms with Gasteiger partial charge in [-0.3, -0.25) is 9.59 Å². The molecule has 1 aliphatic heterocycles. The number of hydrogen-bond donors (Lipinski definition) is 1. The average Bonchev–Trinajstić information content (AvgIpc) is 2.63. The van der Waals surface area contributed by atoms with Gasteiger partial charge in [-0.2, -0.15) is 10.1 Å².